The zero-order valence-corrected chi connectivity index (χ0v) is 18.9. The van der Waals surface area contributed by atoms with E-state index in [1.54, 1.807) is 13.3 Å². The molecule has 1 saturated carbocycles. The molecule has 34 heavy (non-hydrogen) atoms. The lowest BCUT2D eigenvalue weighted by atomic mass is 9.63. The number of methoxy groups -OCH3 is 1. The van der Waals surface area contributed by atoms with Crippen LogP contribution in [0.15, 0.2) is 72.1 Å². The van der Waals surface area contributed by atoms with Gasteiger partial charge in [0.05, 0.1) is 12.5 Å². The van der Waals surface area contributed by atoms with E-state index in [4.69, 9.17) is 16.2 Å². The molecule has 0 atom stereocenters. The van der Waals surface area contributed by atoms with Crippen molar-refractivity contribution in [3.63, 3.8) is 0 Å². The summed E-state index contributed by atoms with van der Waals surface area (Å²) in [5.41, 5.74) is 14.0. The molecule has 0 radical (unpaired) electrons. The van der Waals surface area contributed by atoms with Crippen LogP contribution in [-0.2, 0) is 10.2 Å². The third-order valence-electron chi connectivity index (χ3n) is 6.04. The van der Waals surface area contributed by atoms with Crippen LogP contribution in [0.2, 0.25) is 0 Å². The lowest BCUT2D eigenvalue weighted by molar-refractivity contribution is -0.124. The highest BCUT2D eigenvalue weighted by Crippen LogP contribution is 2.44. The zero-order chi connectivity index (χ0) is 24.1. The van der Waals surface area contributed by atoms with Crippen molar-refractivity contribution in [1.29, 1.82) is 0 Å². The Hall–Kier alpha value is -4.40. The second-order valence-electron chi connectivity index (χ2n) is 8.07. The van der Waals surface area contributed by atoms with Gasteiger partial charge in [-0.05, 0) is 48.2 Å². The molecule has 9 nitrogen and oxygen atoms in total. The average Bonchev–Trinajstić information content (AvgIpc) is 3.28. The SMILES string of the molecule is C=C(N)/N=C\C(=C/N)c1ccc(C2(C(=O)Nc3n[nH]c(-c4ccc(OC)cc4)n3)CCC2)cc1. The molecule has 0 spiro atoms. The number of rotatable bonds is 8. The monoisotopic (exact) mass is 457 g/mol. The highest BCUT2D eigenvalue weighted by atomic mass is 16.5. The van der Waals surface area contributed by atoms with Gasteiger partial charge in [-0.25, -0.2) is 4.99 Å². The number of ether oxygens (including phenoxy) is 1. The normalized spacial score (nSPS) is 15.0. The Morgan fingerprint density at radius 1 is 1.21 bits per heavy atom. The number of amides is 1. The molecule has 1 aliphatic rings. The maximum Gasteiger partial charge on any atom is 0.249 e. The number of allylic oxidation sites excluding steroid dienone is 1. The van der Waals surface area contributed by atoms with Crippen LogP contribution in [0, 0.1) is 0 Å². The quantitative estimate of drug-likeness (QED) is 0.382. The van der Waals surface area contributed by atoms with Crippen molar-refractivity contribution in [2.24, 2.45) is 16.5 Å². The smallest absolute Gasteiger partial charge is 0.249 e. The molecule has 0 saturated heterocycles. The number of H-pyrrole nitrogens is 1. The van der Waals surface area contributed by atoms with Gasteiger partial charge in [0.2, 0.25) is 11.9 Å². The van der Waals surface area contributed by atoms with E-state index in [2.05, 4.69) is 32.1 Å². The molecule has 1 aliphatic carbocycles. The standard InChI is InChI=1S/C25H27N7O2/c1-16(27)28-15-19(14-26)17-4-8-20(9-5-17)25(12-3-13-25)23(33)30-24-29-22(31-32-24)18-6-10-21(34-2)11-7-18/h4-11,14-15H,1,3,12-13,26-27H2,2H3,(H2,29,30,31,32,33)/b19-14+,28-15-. The molecule has 0 unspecified atom stereocenters. The minimum absolute atomic E-state index is 0.123. The highest BCUT2D eigenvalue weighted by Gasteiger charge is 2.46. The Morgan fingerprint density at radius 2 is 1.91 bits per heavy atom. The molecule has 9 heteroatoms. The number of aliphatic imine (C=N–C) groups is 1. The number of nitrogens with one attached hydrogen (secondary N) is 2. The Bertz CT molecular complexity index is 1240. The van der Waals surface area contributed by atoms with Crippen molar-refractivity contribution in [2.45, 2.75) is 24.7 Å². The Labute approximate surface area is 197 Å². The average molecular weight is 458 g/mol. The molecule has 1 amide bonds. The second-order valence-corrected chi connectivity index (χ2v) is 8.07. The highest BCUT2D eigenvalue weighted by molar-refractivity contribution is 6.10. The van der Waals surface area contributed by atoms with Crippen molar-refractivity contribution in [1.82, 2.24) is 15.2 Å². The molecule has 174 valence electrons. The van der Waals surface area contributed by atoms with E-state index < -0.39 is 5.41 Å². The third kappa shape index (κ3) is 4.54. The summed E-state index contributed by atoms with van der Waals surface area (Å²) >= 11 is 0. The van der Waals surface area contributed by atoms with E-state index >= 15 is 0 Å². The number of hydrogen-bond donors (Lipinski definition) is 4. The van der Waals surface area contributed by atoms with Crippen LogP contribution in [-0.4, -0.2) is 34.4 Å². The fraction of sp³-hybridized carbons (Fsp3) is 0.200. The number of carbonyl (C=O) groups excluding carboxylic acids is 1. The van der Waals surface area contributed by atoms with Crippen molar-refractivity contribution >= 4 is 23.6 Å². The van der Waals surface area contributed by atoms with Crippen LogP contribution in [0.25, 0.3) is 17.0 Å². The van der Waals surface area contributed by atoms with Crippen molar-refractivity contribution in [3.8, 4) is 17.1 Å². The zero-order valence-electron chi connectivity index (χ0n) is 18.9. The minimum Gasteiger partial charge on any atom is -0.497 e. The van der Waals surface area contributed by atoms with Crippen molar-refractivity contribution in [3.05, 3.63) is 78.3 Å². The fourth-order valence-corrected chi connectivity index (χ4v) is 3.94. The molecule has 1 aromatic heterocycles. The van der Waals surface area contributed by atoms with E-state index in [9.17, 15) is 4.79 Å². The summed E-state index contributed by atoms with van der Waals surface area (Å²) in [7, 11) is 1.61. The van der Waals surface area contributed by atoms with E-state index in [0.29, 0.717) is 11.4 Å². The van der Waals surface area contributed by atoms with Gasteiger partial charge < -0.3 is 16.2 Å². The Kier molecular flexibility index (Phi) is 6.44. The summed E-state index contributed by atoms with van der Waals surface area (Å²) in [6, 6.07) is 15.2. The summed E-state index contributed by atoms with van der Waals surface area (Å²) in [6.07, 6.45) is 5.49. The number of benzene rings is 2. The van der Waals surface area contributed by atoms with Crippen molar-refractivity contribution < 1.29 is 9.53 Å². The van der Waals surface area contributed by atoms with Gasteiger partial charge in [0.15, 0.2) is 5.82 Å². The predicted octanol–water partition coefficient (Wildman–Crippen LogP) is 3.34. The van der Waals surface area contributed by atoms with Crippen LogP contribution < -0.4 is 21.5 Å². The first-order valence-corrected chi connectivity index (χ1v) is 10.8. The van der Waals surface area contributed by atoms with Gasteiger partial charge in [0.1, 0.15) is 11.6 Å². The van der Waals surface area contributed by atoms with Crippen LogP contribution in [0.4, 0.5) is 5.95 Å². The van der Waals surface area contributed by atoms with Gasteiger partial charge in [0, 0.05) is 23.6 Å². The first kappa shape index (κ1) is 22.8. The Balaban J connectivity index is 1.50. The second kappa shape index (κ2) is 9.62. The molecular formula is C25H27N7O2. The van der Waals surface area contributed by atoms with E-state index in [1.165, 1.54) is 6.20 Å². The van der Waals surface area contributed by atoms with Gasteiger partial charge in [-0.15, -0.1) is 5.10 Å². The molecule has 1 fully saturated rings. The summed E-state index contributed by atoms with van der Waals surface area (Å²) in [4.78, 5) is 21.7. The molecule has 0 bridgehead atoms. The van der Waals surface area contributed by atoms with E-state index in [1.807, 2.05) is 48.5 Å². The molecular weight excluding hydrogens is 430 g/mol. The number of nitrogens with zero attached hydrogens (tertiary/aromatic N) is 3. The van der Waals surface area contributed by atoms with E-state index in [0.717, 1.165) is 41.7 Å². The summed E-state index contributed by atoms with van der Waals surface area (Å²) in [6.45, 7) is 3.55. The van der Waals surface area contributed by atoms with E-state index in [-0.39, 0.29) is 17.7 Å². The number of anilines is 1. The number of carbonyl (C=O) groups is 1. The Morgan fingerprint density at radius 3 is 2.47 bits per heavy atom. The molecule has 6 N–H and O–H groups in total. The topological polar surface area (TPSA) is 144 Å². The first-order chi connectivity index (χ1) is 16.4. The number of hydrogen-bond acceptors (Lipinski definition) is 7. The molecule has 1 heterocycles. The lowest BCUT2D eigenvalue weighted by Crippen LogP contribution is -2.46. The first-order valence-electron chi connectivity index (χ1n) is 10.8. The summed E-state index contributed by atoms with van der Waals surface area (Å²) in [5, 5.41) is 9.93. The molecule has 2 aromatic carbocycles. The molecule has 0 aliphatic heterocycles. The van der Waals surface area contributed by atoms with Crippen LogP contribution in [0.3, 0.4) is 0 Å². The van der Waals surface area contributed by atoms with Gasteiger partial charge >= 0.3 is 0 Å². The summed E-state index contributed by atoms with van der Waals surface area (Å²) < 4.78 is 5.18. The number of aromatic nitrogens is 3. The maximum atomic E-state index is 13.3. The van der Waals surface area contributed by atoms with Crippen LogP contribution >= 0.6 is 0 Å². The van der Waals surface area contributed by atoms with Crippen LogP contribution in [0.1, 0.15) is 30.4 Å². The van der Waals surface area contributed by atoms with Crippen molar-refractivity contribution in [2.75, 3.05) is 12.4 Å². The number of nitrogens with two attached hydrogens (primary N) is 2. The number of aromatic amines is 1. The van der Waals surface area contributed by atoms with Gasteiger partial charge in [-0.3, -0.25) is 15.2 Å². The predicted molar refractivity (Wildman–Crippen MR) is 133 cm³/mol. The summed E-state index contributed by atoms with van der Waals surface area (Å²) in [5.74, 6) is 1.63. The van der Waals surface area contributed by atoms with Gasteiger partial charge in [-0.2, -0.15) is 4.98 Å². The van der Waals surface area contributed by atoms with Gasteiger partial charge in [-0.1, -0.05) is 37.3 Å². The third-order valence-corrected chi connectivity index (χ3v) is 6.04. The molecule has 3 aromatic rings. The molecule has 4 rings (SSSR count). The maximum absolute atomic E-state index is 13.3. The fourth-order valence-electron chi connectivity index (χ4n) is 3.94. The van der Waals surface area contributed by atoms with Gasteiger partial charge in [0.25, 0.3) is 0 Å². The van der Waals surface area contributed by atoms with Crippen LogP contribution in [0.5, 0.6) is 5.75 Å². The minimum atomic E-state index is -0.619. The lowest BCUT2D eigenvalue weighted by Gasteiger charge is -2.40. The largest absolute Gasteiger partial charge is 0.497 e.